The number of benzene rings is 3. The van der Waals surface area contributed by atoms with Crippen molar-refractivity contribution >= 4 is 15.7 Å². The number of hydrogen-bond donors (Lipinski definition) is 1. The van der Waals surface area contributed by atoms with Crippen LogP contribution in [0.2, 0.25) is 0 Å². The van der Waals surface area contributed by atoms with Gasteiger partial charge >= 0.3 is 0 Å². The van der Waals surface area contributed by atoms with Crippen LogP contribution < -0.4 is 10.1 Å². The Balaban J connectivity index is 1.65. The van der Waals surface area contributed by atoms with E-state index in [2.05, 4.69) is 10.3 Å². The minimum absolute atomic E-state index is 0.113. The molecule has 0 atom stereocenters. The first-order valence-corrected chi connectivity index (χ1v) is 12.1. The number of anilines is 1. The Morgan fingerprint density at radius 3 is 2.33 bits per heavy atom. The van der Waals surface area contributed by atoms with Gasteiger partial charge in [-0.2, -0.15) is 4.98 Å². The van der Waals surface area contributed by atoms with Crippen molar-refractivity contribution in [2.75, 3.05) is 19.0 Å². The molecule has 6 nitrogen and oxygen atoms in total. The van der Waals surface area contributed by atoms with Gasteiger partial charge in [0.05, 0.1) is 12.0 Å². The molecule has 0 saturated carbocycles. The topological polar surface area (TPSA) is 81.4 Å². The van der Waals surface area contributed by atoms with Crippen molar-refractivity contribution in [1.82, 2.24) is 4.98 Å². The van der Waals surface area contributed by atoms with Gasteiger partial charge in [-0.25, -0.2) is 8.42 Å². The van der Waals surface area contributed by atoms with Gasteiger partial charge in [0.15, 0.2) is 0 Å². The van der Waals surface area contributed by atoms with Crippen molar-refractivity contribution in [2.45, 2.75) is 30.2 Å². The number of aromatic nitrogens is 1. The number of rotatable bonds is 8. The number of sulfone groups is 1. The highest BCUT2D eigenvalue weighted by molar-refractivity contribution is 7.91. The summed E-state index contributed by atoms with van der Waals surface area (Å²) in [5.41, 5.74) is 3.82. The monoisotopic (exact) mass is 462 g/mol. The van der Waals surface area contributed by atoms with E-state index >= 15 is 0 Å². The zero-order chi connectivity index (χ0) is 23.4. The minimum atomic E-state index is -3.87. The van der Waals surface area contributed by atoms with E-state index in [0.717, 1.165) is 28.0 Å². The Hall–Kier alpha value is -3.58. The van der Waals surface area contributed by atoms with Gasteiger partial charge in [-0.3, -0.25) is 0 Å². The molecule has 170 valence electrons. The molecule has 7 heteroatoms. The number of oxazole rings is 1. The molecule has 33 heavy (non-hydrogen) atoms. The van der Waals surface area contributed by atoms with Gasteiger partial charge < -0.3 is 14.5 Å². The lowest BCUT2D eigenvalue weighted by Gasteiger charge is -2.07. The van der Waals surface area contributed by atoms with Crippen LogP contribution in [0.15, 0.2) is 87.1 Å². The molecule has 1 heterocycles. The highest BCUT2D eigenvalue weighted by Gasteiger charge is 2.28. The summed E-state index contributed by atoms with van der Waals surface area (Å²) in [5.74, 6) is 1.19. The molecule has 1 N–H and O–H groups in total. The van der Waals surface area contributed by atoms with Crippen LogP contribution in [-0.2, 0) is 16.3 Å². The summed E-state index contributed by atoms with van der Waals surface area (Å²) < 4.78 is 37.9. The first-order chi connectivity index (χ1) is 15.9. The lowest BCUT2D eigenvalue weighted by Crippen LogP contribution is -2.09. The molecule has 0 aliphatic rings. The summed E-state index contributed by atoms with van der Waals surface area (Å²) in [5, 5.41) is 3.03. The van der Waals surface area contributed by atoms with Crippen LogP contribution in [0.1, 0.15) is 16.7 Å². The average Bonchev–Trinajstić information content (AvgIpc) is 3.25. The lowest BCUT2D eigenvalue weighted by molar-refractivity contribution is 0.414. The van der Waals surface area contributed by atoms with Crippen molar-refractivity contribution in [2.24, 2.45) is 0 Å². The smallest absolute Gasteiger partial charge is 0.233 e. The largest absolute Gasteiger partial charge is 0.497 e. The van der Waals surface area contributed by atoms with E-state index in [1.807, 2.05) is 62.4 Å². The van der Waals surface area contributed by atoms with Crippen LogP contribution in [0.4, 0.5) is 5.88 Å². The molecular formula is C26H26N2O4S. The minimum Gasteiger partial charge on any atom is -0.497 e. The Kier molecular flexibility index (Phi) is 6.51. The number of hydrogen-bond acceptors (Lipinski definition) is 6. The van der Waals surface area contributed by atoms with Gasteiger partial charge in [-0.1, -0.05) is 47.5 Å². The number of aryl methyl sites for hydroxylation is 2. The molecule has 0 aliphatic carbocycles. The number of methoxy groups -OCH3 is 1. The van der Waals surface area contributed by atoms with Crippen LogP contribution in [-0.4, -0.2) is 27.1 Å². The van der Waals surface area contributed by atoms with Crippen LogP contribution in [0, 0.1) is 13.8 Å². The molecule has 0 amide bonds. The van der Waals surface area contributed by atoms with Crippen molar-refractivity contribution < 1.29 is 17.6 Å². The Morgan fingerprint density at radius 2 is 1.67 bits per heavy atom. The summed E-state index contributed by atoms with van der Waals surface area (Å²) in [6.45, 7) is 4.35. The predicted octanol–water partition coefficient (Wildman–Crippen LogP) is 5.45. The fraction of sp³-hybridized carbons (Fsp3) is 0.192. The molecule has 0 radical (unpaired) electrons. The summed E-state index contributed by atoms with van der Waals surface area (Å²) in [7, 11) is -2.24. The first-order valence-electron chi connectivity index (χ1n) is 10.6. The second kappa shape index (κ2) is 9.50. The van der Waals surface area contributed by atoms with Crippen LogP contribution in [0.5, 0.6) is 5.75 Å². The van der Waals surface area contributed by atoms with Gasteiger partial charge in [0.2, 0.25) is 26.6 Å². The molecule has 0 saturated heterocycles. The molecule has 0 bridgehead atoms. The zero-order valence-electron chi connectivity index (χ0n) is 18.8. The molecule has 4 aromatic rings. The maximum atomic E-state index is 13.4. The molecule has 0 aliphatic heterocycles. The maximum absolute atomic E-state index is 13.4. The highest BCUT2D eigenvalue weighted by Crippen LogP contribution is 2.32. The normalized spacial score (nSPS) is 11.4. The highest BCUT2D eigenvalue weighted by atomic mass is 32.2. The Labute approximate surface area is 194 Å². The Morgan fingerprint density at radius 1 is 0.939 bits per heavy atom. The Bertz CT molecular complexity index is 1340. The molecule has 3 aromatic carbocycles. The molecule has 0 spiro atoms. The first kappa shape index (κ1) is 22.6. The summed E-state index contributed by atoms with van der Waals surface area (Å²) >= 11 is 0. The fourth-order valence-corrected chi connectivity index (χ4v) is 4.72. The molecule has 0 unspecified atom stereocenters. The lowest BCUT2D eigenvalue weighted by atomic mass is 10.1. The number of ether oxygens (including phenoxy) is 1. The van der Waals surface area contributed by atoms with E-state index in [9.17, 15) is 8.42 Å². The molecular weight excluding hydrogens is 436 g/mol. The van der Waals surface area contributed by atoms with E-state index < -0.39 is 9.84 Å². The van der Waals surface area contributed by atoms with Gasteiger partial charge in [0, 0.05) is 12.1 Å². The van der Waals surface area contributed by atoms with E-state index in [1.54, 1.807) is 31.4 Å². The summed E-state index contributed by atoms with van der Waals surface area (Å²) in [6, 6.07) is 22.1. The fourth-order valence-electron chi connectivity index (χ4n) is 3.44. The van der Waals surface area contributed by atoms with Crippen molar-refractivity contribution in [1.29, 1.82) is 0 Å². The summed E-state index contributed by atoms with van der Waals surface area (Å²) in [4.78, 5) is 4.58. The van der Waals surface area contributed by atoms with Gasteiger partial charge in [-0.05, 0) is 62.2 Å². The third-order valence-electron chi connectivity index (χ3n) is 5.31. The molecule has 4 rings (SSSR count). The predicted molar refractivity (Wildman–Crippen MR) is 128 cm³/mol. The van der Waals surface area contributed by atoms with Crippen LogP contribution in [0.3, 0.4) is 0 Å². The standard InChI is InChI=1S/C26H26N2O4S/c1-18-7-13-23(14-8-18)33(29,30)26-25(27-16-15-20-9-11-22(31-3)12-10-20)32-24(28-26)21-6-4-5-19(2)17-21/h4-14,17,27H,15-16H2,1-3H3. The van der Waals surface area contributed by atoms with Crippen molar-refractivity contribution in [3.8, 4) is 17.2 Å². The van der Waals surface area contributed by atoms with Gasteiger partial charge in [0.25, 0.3) is 0 Å². The van der Waals surface area contributed by atoms with E-state index in [4.69, 9.17) is 9.15 Å². The van der Waals surface area contributed by atoms with Gasteiger partial charge in [0.1, 0.15) is 5.75 Å². The van der Waals surface area contributed by atoms with Crippen LogP contribution in [0.25, 0.3) is 11.5 Å². The van der Waals surface area contributed by atoms with E-state index in [-0.39, 0.29) is 21.7 Å². The molecule has 0 fully saturated rings. The van der Waals surface area contributed by atoms with E-state index in [1.165, 1.54) is 0 Å². The maximum Gasteiger partial charge on any atom is 0.233 e. The second-order valence-electron chi connectivity index (χ2n) is 7.86. The van der Waals surface area contributed by atoms with E-state index in [0.29, 0.717) is 13.0 Å². The SMILES string of the molecule is COc1ccc(CCNc2oc(-c3cccc(C)c3)nc2S(=O)(=O)c2ccc(C)cc2)cc1. The van der Waals surface area contributed by atoms with Crippen molar-refractivity contribution in [3.05, 3.63) is 89.5 Å². The second-order valence-corrected chi connectivity index (χ2v) is 9.73. The average molecular weight is 463 g/mol. The summed E-state index contributed by atoms with van der Waals surface area (Å²) in [6.07, 6.45) is 0.675. The van der Waals surface area contributed by atoms with Crippen molar-refractivity contribution in [3.63, 3.8) is 0 Å². The number of nitrogens with zero attached hydrogens (tertiary/aromatic N) is 1. The third kappa shape index (κ3) is 5.09. The van der Waals surface area contributed by atoms with Gasteiger partial charge in [-0.15, -0.1) is 0 Å². The quantitative estimate of drug-likeness (QED) is 0.375. The van der Waals surface area contributed by atoms with Crippen LogP contribution >= 0.6 is 0 Å². The zero-order valence-corrected chi connectivity index (χ0v) is 19.6. The number of nitrogens with one attached hydrogen (secondary N) is 1. The molecule has 1 aromatic heterocycles. The third-order valence-corrected chi connectivity index (χ3v) is 6.98.